The first-order chi connectivity index (χ1) is 13.2. The van der Waals surface area contributed by atoms with Gasteiger partial charge in [-0.1, -0.05) is 24.3 Å². The summed E-state index contributed by atoms with van der Waals surface area (Å²) >= 11 is 0. The molecule has 5 nitrogen and oxygen atoms in total. The third-order valence-electron chi connectivity index (χ3n) is 4.64. The molecule has 1 aliphatic rings. The van der Waals surface area contributed by atoms with Crippen molar-refractivity contribution in [3.05, 3.63) is 72.0 Å². The van der Waals surface area contributed by atoms with Crippen LogP contribution < -0.4 is 5.32 Å². The van der Waals surface area contributed by atoms with Crippen molar-refractivity contribution in [2.45, 2.75) is 19.4 Å². The van der Waals surface area contributed by atoms with E-state index < -0.39 is 0 Å². The molecule has 0 saturated carbocycles. The first kappa shape index (κ1) is 17.3. The lowest BCUT2D eigenvalue weighted by atomic mass is 10.1. The number of para-hydroxylation sites is 1. The number of carbonyl (C=O) groups is 1. The summed E-state index contributed by atoms with van der Waals surface area (Å²) in [6.07, 6.45) is 3.69. The highest BCUT2D eigenvalue weighted by Gasteiger charge is 2.21. The van der Waals surface area contributed by atoms with E-state index in [9.17, 15) is 9.18 Å². The highest BCUT2D eigenvalue weighted by Crippen LogP contribution is 2.23. The summed E-state index contributed by atoms with van der Waals surface area (Å²) < 4.78 is 19.1. The Morgan fingerprint density at radius 2 is 1.96 bits per heavy atom. The first-order valence-electron chi connectivity index (χ1n) is 9.03. The Kier molecular flexibility index (Phi) is 4.87. The lowest BCUT2D eigenvalue weighted by Crippen LogP contribution is -2.28. The number of hydrogen-bond donors (Lipinski definition) is 1. The molecule has 0 aliphatic carbocycles. The van der Waals surface area contributed by atoms with Crippen LogP contribution in [-0.4, -0.2) is 28.9 Å². The number of nitrogens with zero attached hydrogens (tertiary/aromatic N) is 2. The number of likely N-dealkylation sites (tertiary alicyclic amines) is 1. The molecule has 0 spiro atoms. The smallest absolute Gasteiger partial charge is 0.255 e. The zero-order valence-corrected chi connectivity index (χ0v) is 14.8. The fourth-order valence-electron chi connectivity index (χ4n) is 3.25. The Labute approximate surface area is 156 Å². The molecule has 1 N–H and O–H groups in total. The van der Waals surface area contributed by atoms with E-state index >= 15 is 0 Å². The number of nitrogens with one attached hydrogen (secondary N) is 1. The minimum absolute atomic E-state index is 0.0449. The summed E-state index contributed by atoms with van der Waals surface area (Å²) in [4.78, 5) is 18.8. The molecule has 3 aromatic rings. The van der Waals surface area contributed by atoms with Crippen LogP contribution in [0.3, 0.4) is 0 Å². The molecule has 138 valence electrons. The van der Waals surface area contributed by atoms with Crippen molar-refractivity contribution in [1.82, 2.24) is 9.88 Å². The Morgan fingerprint density at radius 1 is 1.15 bits per heavy atom. The summed E-state index contributed by atoms with van der Waals surface area (Å²) in [5.74, 6) is 0.701. The van der Waals surface area contributed by atoms with Crippen LogP contribution in [-0.2, 0) is 6.54 Å². The Hall–Kier alpha value is -3.15. The number of benzene rings is 2. The second kappa shape index (κ2) is 7.61. The van der Waals surface area contributed by atoms with E-state index in [4.69, 9.17) is 4.42 Å². The Balaban J connectivity index is 1.47. The lowest BCUT2D eigenvalue weighted by Gasteiger charge is -2.18. The minimum Gasteiger partial charge on any atom is -0.439 e. The van der Waals surface area contributed by atoms with Gasteiger partial charge in [0.2, 0.25) is 5.89 Å². The van der Waals surface area contributed by atoms with Crippen LogP contribution in [0.2, 0.25) is 0 Å². The highest BCUT2D eigenvalue weighted by atomic mass is 19.1. The van der Waals surface area contributed by atoms with Crippen LogP contribution in [0.4, 0.5) is 10.1 Å². The molecule has 0 atom stereocenters. The maximum atomic E-state index is 13.4. The molecule has 1 saturated heterocycles. The van der Waals surface area contributed by atoms with Gasteiger partial charge in [-0.3, -0.25) is 4.79 Å². The first-order valence-corrected chi connectivity index (χ1v) is 9.03. The molecule has 0 radical (unpaired) electrons. The quantitative estimate of drug-likeness (QED) is 0.731. The van der Waals surface area contributed by atoms with E-state index in [2.05, 4.69) is 10.3 Å². The van der Waals surface area contributed by atoms with E-state index in [0.717, 1.165) is 31.6 Å². The Bertz CT molecular complexity index is 948. The van der Waals surface area contributed by atoms with Crippen molar-refractivity contribution in [1.29, 1.82) is 0 Å². The zero-order valence-electron chi connectivity index (χ0n) is 14.8. The van der Waals surface area contributed by atoms with Gasteiger partial charge in [0, 0.05) is 24.3 Å². The number of oxazole rings is 1. The maximum absolute atomic E-state index is 13.4. The monoisotopic (exact) mass is 365 g/mol. The van der Waals surface area contributed by atoms with Crippen molar-refractivity contribution in [3.8, 4) is 11.3 Å². The van der Waals surface area contributed by atoms with E-state index in [0.29, 0.717) is 29.3 Å². The van der Waals surface area contributed by atoms with Gasteiger partial charge in [0.15, 0.2) is 5.76 Å². The molecule has 1 aliphatic heterocycles. The summed E-state index contributed by atoms with van der Waals surface area (Å²) in [6.45, 7) is 1.95. The van der Waals surface area contributed by atoms with Crippen molar-refractivity contribution in [3.63, 3.8) is 0 Å². The van der Waals surface area contributed by atoms with E-state index in [-0.39, 0.29) is 11.7 Å². The number of anilines is 1. The van der Waals surface area contributed by atoms with Crippen LogP contribution in [0.15, 0.2) is 59.1 Å². The molecular weight excluding hydrogens is 345 g/mol. The molecule has 2 aromatic carbocycles. The van der Waals surface area contributed by atoms with Gasteiger partial charge in [0.25, 0.3) is 5.91 Å². The average Bonchev–Trinajstić information content (AvgIpc) is 3.38. The topological polar surface area (TPSA) is 58.4 Å². The molecule has 27 heavy (non-hydrogen) atoms. The van der Waals surface area contributed by atoms with Gasteiger partial charge < -0.3 is 14.6 Å². The second-order valence-electron chi connectivity index (χ2n) is 6.53. The molecule has 0 unspecified atom stereocenters. The predicted molar refractivity (Wildman–Crippen MR) is 101 cm³/mol. The molecule has 6 heteroatoms. The SMILES string of the molecule is O=C(c1ccccc1NCc1ncc(-c2cccc(F)c2)o1)N1CCCC1. The van der Waals surface area contributed by atoms with E-state index in [1.165, 1.54) is 12.1 Å². The number of aromatic nitrogens is 1. The van der Waals surface area contributed by atoms with Gasteiger partial charge in [-0.25, -0.2) is 9.37 Å². The van der Waals surface area contributed by atoms with Gasteiger partial charge in [-0.2, -0.15) is 0 Å². The fraction of sp³-hybridized carbons (Fsp3) is 0.238. The molecule has 0 bridgehead atoms. The van der Waals surface area contributed by atoms with Gasteiger partial charge >= 0.3 is 0 Å². The standard InChI is InChI=1S/C21H20FN3O2/c22-16-7-5-6-15(12-16)19-13-24-20(27-19)14-23-18-9-2-1-8-17(18)21(26)25-10-3-4-11-25/h1-2,5-9,12-13,23H,3-4,10-11,14H2. The maximum Gasteiger partial charge on any atom is 0.255 e. The van der Waals surface area contributed by atoms with Crippen LogP contribution in [0.1, 0.15) is 29.1 Å². The molecule has 1 fully saturated rings. The normalized spacial score (nSPS) is 13.7. The van der Waals surface area contributed by atoms with Crippen molar-refractivity contribution >= 4 is 11.6 Å². The highest BCUT2D eigenvalue weighted by molar-refractivity contribution is 5.99. The van der Waals surface area contributed by atoms with E-state index in [1.54, 1.807) is 18.3 Å². The molecule has 4 rings (SSSR count). The predicted octanol–water partition coefficient (Wildman–Crippen LogP) is 4.33. The van der Waals surface area contributed by atoms with Gasteiger partial charge in [-0.05, 0) is 37.1 Å². The van der Waals surface area contributed by atoms with Crippen molar-refractivity contribution in [2.75, 3.05) is 18.4 Å². The molecule has 2 heterocycles. The van der Waals surface area contributed by atoms with Crippen LogP contribution in [0, 0.1) is 5.82 Å². The van der Waals surface area contributed by atoms with Crippen LogP contribution >= 0.6 is 0 Å². The van der Waals surface area contributed by atoms with Crippen LogP contribution in [0.25, 0.3) is 11.3 Å². The van der Waals surface area contributed by atoms with Gasteiger partial charge in [0.05, 0.1) is 18.3 Å². The number of hydrogen-bond acceptors (Lipinski definition) is 4. The van der Waals surface area contributed by atoms with E-state index in [1.807, 2.05) is 29.2 Å². The molecule has 1 amide bonds. The van der Waals surface area contributed by atoms with Crippen molar-refractivity contribution < 1.29 is 13.6 Å². The largest absolute Gasteiger partial charge is 0.439 e. The summed E-state index contributed by atoms with van der Waals surface area (Å²) in [7, 11) is 0. The number of carbonyl (C=O) groups excluding carboxylic acids is 1. The fourth-order valence-corrected chi connectivity index (χ4v) is 3.25. The minimum atomic E-state index is -0.321. The number of halogens is 1. The third-order valence-corrected chi connectivity index (χ3v) is 4.64. The second-order valence-corrected chi connectivity index (χ2v) is 6.53. The Morgan fingerprint density at radius 3 is 2.78 bits per heavy atom. The summed E-state index contributed by atoms with van der Waals surface area (Å²) in [6, 6.07) is 13.6. The van der Waals surface area contributed by atoms with Gasteiger partial charge in [0.1, 0.15) is 5.82 Å². The summed E-state index contributed by atoms with van der Waals surface area (Å²) in [5.41, 5.74) is 2.04. The molecular formula is C21H20FN3O2. The lowest BCUT2D eigenvalue weighted by molar-refractivity contribution is 0.0793. The summed E-state index contributed by atoms with van der Waals surface area (Å²) in [5, 5.41) is 3.23. The third kappa shape index (κ3) is 3.84. The van der Waals surface area contributed by atoms with Gasteiger partial charge in [-0.15, -0.1) is 0 Å². The number of amides is 1. The zero-order chi connectivity index (χ0) is 18.6. The average molecular weight is 365 g/mol. The number of rotatable bonds is 5. The van der Waals surface area contributed by atoms with Crippen molar-refractivity contribution in [2.24, 2.45) is 0 Å². The molecule has 1 aromatic heterocycles. The van der Waals surface area contributed by atoms with Crippen LogP contribution in [0.5, 0.6) is 0 Å².